The van der Waals surface area contributed by atoms with Gasteiger partial charge in [0.05, 0.1) is 12.0 Å². The molecule has 1 aromatic carbocycles. The van der Waals surface area contributed by atoms with Crippen molar-refractivity contribution >= 4 is 16.9 Å². The molecule has 2 fully saturated rings. The lowest BCUT2D eigenvalue weighted by Gasteiger charge is -2.38. The molecule has 7 nitrogen and oxygen atoms in total. The summed E-state index contributed by atoms with van der Waals surface area (Å²) in [4.78, 5) is 18.3. The van der Waals surface area contributed by atoms with Crippen LogP contribution in [0.4, 0.5) is 0 Å². The number of carbonyl (C=O) groups excluding carboxylic acids is 1. The van der Waals surface area contributed by atoms with E-state index in [-0.39, 0.29) is 5.91 Å². The van der Waals surface area contributed by atoms with E-state index in [9.17, 15) is 9.00 Å². The summed E-state index contributed by atoms with van der Waals surface area (Å²) in [6.07, 6.45) is 7.90. The lowest BCUT2D eigenvalue weighted by molar-refractivity contribution is -0.121. The second-order valence-electron chi connectivity index (χ2n) is 11.1. The topological polar surface area (TPSA) is 65.1 Å². The van der Waals surface area contributed by atoms with Gasteiger partial charge in [-0.1, -0.05) is 0 Å². The molecule has 1 aliphatic heterocycles. The normalized spacial score (nSPS) is 22.7. The van der Waals surface area contributed by atoms with Crippen LogP contribution in [0.5, 0.6) is 5.75 Å². The molecular formula is C28H48N4O3S. The molecule has 1 aromatic rings. The first kappa shape index (κ1) is 29.1. The summed E-state index contributed by atoms with van der Waals surface area (Å²) >= 11 is 0. The third-order valence-electron chi connectivity index (χ3n) is 8.14. The highest BCUT2D eigenvalue weighted by Gasteiger charge is 2.26. The monoisotopic (exact) mass is 520 g/mol. The fourth-order valence-electron chi connectivity index (χ4n) is 5.75. The van der Waals surface area contributed by atoms with Gasteiger partial charge in [-0.25, -0.2) is 8.51 Å². The van der Waals surface area contributed by atoms with Gasteiger partial charge < -0.3 is 19.9 Å². The van der Waals surface area contributed by atoms with Gasteiger partial charge in [-0.3, -0.25) is 4.79 Å². The molecule has 36 heavy (non-hydrogen) atoms. The number of nitrogens with zero attached hydrogens (tertiary/aromatic N) is 3. The SMILES string of the molecule is COc1cc(C)c(S(=O)N(C)CCC(=O)NCC2CCC(CN3CCC(N(C)C)CC3)CC2)c(C)c1. The maximum Gasteiger partial charge on any atom is 0.221 e. The average molecular weight is 521 g/mol. The number of methoxy groups -OCH3 is 1. The Bertz CT molecular complexity index is 855. The summed E-state index contributed by atoms with van der Waals surface area (Å²) in [5.41, 5.74) is 1.88. The van der Waals surface area contributed by atoms with Crippen LogP contribution in [0.3, 0.4) is 0 Å². The Kier molecular flexibility index (Phi) is 11.2. The Morgan fingerprint density at radius 1 is 1.03 bits per heavy atom. The quantitative estimate of drug-likeness (QED) is 0.483. The van der Waals surface area contributed by atoms with Gasteiger partial charge in [-0.05, 0) is 115 Å². The molecule has 3 rings (SSSR count). The van der Waals surface area contributed by atoms with Crippen LogP contribution in [0.25, 0.3) is 0 Å². The number of aryl methyl sites for hydroxylation is 2. The highest BCUT2D eigenvalue weighted by molar-refractivity contribution is 7.82. The number of nitrogens with one attached hydrogen (secondary N) is 1. The minimum atomic E-state index is -1.31. The molecule has 0 bridgehead atoms. The Balaban J connectivity index is 1.33. The molecular weight excluding hydrogens is 472 g/mol. The van der Waals surface area contributed by atoms with Gasteiger partial charge in [-0.2, -0.15) is 0 Å². The first-order chi connectivity index (χ1) is 17.2. The highest BCUT2D eigenvalue weighted by atomic mass is 32.2. The van der Waals surface area contributed by atoms with Crippen LogP contribution in [0.15, 0.2) is 17.0 Å². The van der Waals surface area contributed by atoms with Crippen LogP contribution >= 0.6 is 0 Å². The van der Waals surface area contributed by atoms with Crippen LogP contribution < -0.4 is 10.1 Å². The van der Waals surface area contributed by atoms with Crippen molar-refractivity contribution in [1.82, 2.24) is 19.4 Å². The van der Waals surface area contributed by atoms with E-state index >= 15 is 0 Å². The lowest BCUT2D eigenvalue weighted by atomic mass is 9.81. The fourth-order valence-corrected chi connectivity index (χ4v) is 6.99. The number of rotatable bonds is 11. The van der Waals surface area contributed by atoms with Gasteiger partial charge in [0.1, 0.15) is 16.7 Å². The number of ether oxygens (including phenoxy) is 1. The van der Waals surface area contributed by atoms with Gasteiger partial charge in [0.2, 0.25) is 5.91 Å². The van der Waals surface area contributed by atoms with Crippen molar-refractivity contribution in [2.24, 2.45) is 11.8 Å². The minimum Gasteiger partial charge on any atom is -0.497 e. The van der Waals surface area contributed by atoms with Gasteiger partial charge >= 0.3 is 0 Å². The van der Waals surface area contributed by atoms with Crippen molar-refractivity contribution in [2.45, 2.75) is 69.7 Å². The number of amides is 1. The van der Waals surface area contributed by atoms with E-state index < -0.39 is 11.0 Å². The first-order valence-corrected chi connectivity index (χ1v) is 14.7. The maximum atomic E-state index is 13.1. The number of likely N-dealkylation sites (tertiary alicyclic amines) is 1. The smallest absolute Gasteiger partial charge is 0.221 e. The van der Waals surface area contributed by atoms with Crippen molar-refractivity contribution in [2.75, 3.05) is 61.0 Å². The van der Waals surface area contributed by atoms with E-state index in [2.05, 4.69) is 29.2 Å². The summed E-state index contributed by atoms with van der Waals surface area (Å²) in [6.45, 7) is 8.83. The Hall–Kier alpha value is -1.48. The molecule has 1 heterocycles. The maximum absolute atomic E-state index is 13.1. The molecule has 2 aliphatic rings. The summed E-state index contributed by atoms with van der Waals surface area (Å²) in [7, 11) is 6.54. The summed E-state index contributed by atoms with van der Waals surface area (Å²) in [5.74, 6) is 2.21. The van der Waals surface area contributed by atoms with Gasteiger partial charge in [0, 0.05) is 39.1 Å². The standard InChI is InChI=1S/C28H48N4O3S/c1-21-17-26(35-6)18-22(2)28(21)36(34)31(5)14-13-27(33)29-19-23-7-9-24(10-8-23)20-32-15-11-25(12-16-32)30(3)4/h17-18,23-25H,7-16,19-20H2,1-6H3,(H,29,33). The van der Waals surface area contributed by atoms with Crippen molar-refractivity contribution in [1.29, 1.82) is 0 Å². The molecule has 1 atom stereocenters. The molecule has 0 aromatic heterocycles. The highest BCUT2D eigenvalue weighted by Crippen LogP contribution is 2.30. The third-order valence-corrected chi connectivity index (χ3v) is 9.88. The summed E-state index contributed by atoms with van der Waals surface area (Å²) < 4.78 is 20.1. The number of hydrogen-bond donors (Lipinski definition) is 1. The van der Waals surface area contributed by atoms with Crippen LogP contribution in [-0.4, -0.2) is 91.2 Å². The van der Waals surface area contributed by atoms with E-state index in [1.54, 1.807) is 11.4 Å². The fraction of sp³-hybridized carbons (Fsp3) is 0.750. The molecule has 1 unspecified atom stereocenters. The van der Waals surface area contributed by atoms with E-state index in [4.69, 9.17) is 4.74 Å². The predicted octanol–water partition coefficient (Wildman–Crippen LogP) is 3.61. The Labute approximate surface area is 221 Å². The number of benzene rings is 1. The largest absolute Gasteiger partial charge is 0.497 e. The van der Waals surface area contributed by atoms with E-state index in [1.807, 2.05) is 33.0 Å². The Morgan fingerprint density at radius 2 is 1.61 bits per heavy atom. The van der Waals surface area contributed by atoms with E-state index in [0.717, 1.165) is 40.3 Å². The van der Waals surface area contributed by atoms with Gasteiger partial charge in [0.25, 0.3) is 0 Å². The molecule has 8 heteroatoms. The Morgan fingerprint density at radius 3 is 2.17 bits per heavy atom. The van der Waals surface area contributed by atoms with Crippen LogP contribution in [0.1, 0.15) is 56.1 Å². The third kappa shape index (κ3) is 8.27. The number of hydrogen-bond acceptors (Lipinski definition) is 5. The second kappa shape index (κ2) is 13.9. The van der Waals surface area contributed by atoms with E-state index in [0.29, 0.717) is 18.9 Å². The minimum absolute atomic E-state index is 0.0490. The molecule has 1 N–H and O–H groups in total. The average Bonchev–Trinajstić information content (AvgIpc) is 2.86. The summed E-state index contributed by atoms with van der Waals surface area (Å²) in [5, 5.41) is 3.14. The van der Waals surface area contributed by atoms with Gasteiger partial charge in [0.15, 0.2) is 0 Å². The van der Waals surface area contributed by atoms with Crippen LogP contribution in [-0.2, 0) is 15.8 Å². The van der Waals surface area contributed by atoms with Crippen molar-refractivity contribution < 1.29 is 13.7 Å². The molecule has 1 aliphatic carbocycles. The number of carbonyl (C=O) groups is 1. The zero-order valence-corrected chi connectivity index (χ0v) is 24.2. The molecule has 204 valence electrons. The first-order valence-electron chi connectivity index (χ1n) is 13.6. The molecule has 0 spiro atoms. The van der Waals surface area contributed by atoms with Crippen LogP contribution in [0.2, 0.25) is 0 Å². The zero-order valence-electron chi connectivity index (χ0n) is 23.3. The zero-order chi connectivity index (χ0) is 26.2. The van der Waals surface area contributed by atoms with Crippen molar-refractivity contribution in [3.63, 3.8) is 0 Å². The van der Waals surface area contributed by atoms with Crippen molar-refractivity contribution in [3.8, 4) is 5.75 Å². The molecule has 1 saturated carbocycles. The second-order valence-corrected chi connectivity index (χ2v) is 12.7. The van der Waals surface area contributed by atoms with E-state index in [1.165, 1.54) is 58.2 Å². The molecule has 1 saturated heterocycles. The number of piperidine rings is 1. The molecule has 1 amide bonds. The lowest BCUT2D eigenvalue weighted by Crippen LogP contribution is -2.44. The predicted molar refractivity (Wildman–Crippen MR) is 148 cm³/mol. The van der Waals surface area contributed by atoms with Gasteiger partial charge in [-0.15, -0.1) is 0 Å². The molecule has 0 radical (unpaired) electrons. The van der Waals surface area contributed by atoms with Crippen LogP contribution in [0, 0.1) is 25.7 Å². The van der Waals surface area contributed by atoms with Crippen molar-refractivity contribution in [3.05, 3.63) is 23.3 Å². The summed E-state index contributed by atoms with van der Waals surface area (Å²) in [6, 6.07) is 4.56.